The largest absolute Gasteiger partial charge is 0.507 e. The Balaban J connectivity index is 1.92. The highest BCUT2D eigenvalue weighted by Crippen LogP contribution is 2.21. The molecule has 0 saturated heterocycles. The van der Waals surface area contributed by atoms with E-state index in [-0.39, 0.29) is 11.3 Å². The van der Waals surface area contributed by atoms with Crippen molar-refractivity contribution in [1.82, 2.24) is 10.9 Å². The molecule has 108 valence electrons. The number of phenolic OH excluding ortho intramolecular Hbond substituents is 1. The van der Waals surface area contributed by atoms with E-state index in [1.54, 1.807) is 30.5 Å². The predicted octanol–water partition coefficient (Wildman–Crippen LogP) is 3.10. The molecule has 1 amide bonds. The summed E-state index contributed by atoms with van der Waals surface area (Å²) < 4.78 is 5.12. The molecule has 6 heteroatoms. The maximum absolute atomic E-state index is 11.9. The lowest BCUT2D eigenvalue weighted by atomic mass is 10.2. The summed E-state index contributed by atoms with van der Waals surface area (Å²) >= 11 is 5.78. The van der Waals surface area contributed by atoms with Gasteiger partial charge in [0.05, 0.1) is 11.8 Å². The number of hydrogen-bond acceptors (Lipinski definition) is 4. The molecular weight excluding hydrogens is 292 g/mol. The lowest BCUT2D eigenvalue weighted by Gasteiger charge is -2.09. The number of hydrazine groups is 1. The second-order valence-corrected chi connectivity index (χ2v) is 4.55. The summed E-state index contributed by atoms with van der Waals surface area (Å²) in [5.41, 5.74) is 5.53. The smallest absolute Gasteiger partial charge is 0.273 e. The van der Waals surface area contributed by atoms with E-state index < -0.39 is 5.91 Å². The number of carbonyl (C=O) groups excluding carboxylic acids is 1. The van der Waals surface area contributed by atoms with E-state index >= 15 is 0 Å². The van der Waals surface area contributed by atoms with Gasteiger partial charge in [-0.25, -0.2) is 0 Å². The first-order chi connectivity index (χ1) is 10.1. The van der Waals surface area contributed by atoms with Crippen molar-refractivity contribution in [1.29, 1.82) is 0 Å². The van der Waals surface area contributed by atoms with Crippen molar-refractivity contribution in [2.75, 3.05) is 0 Å². The number of phenols is 1. The number of benzene rings is 1. The van der Waals surface area contributed by atoms with Gasteiger partial charge in [0.2, 0.25) is 0 Å². The second kappa shape index (κ2) is 6.67. The molecule has 0 aliphatic heterocycles. The molecule has 0 aliphatic rings. The van der Waals surface area contributed by atoms with Crippen molar-refractivity contribution >= 4 is 23.6 Å². The van der Waals surface area contributed by atoms with E-state index in [9.17, 15) is 9.90 Å². The van der Waals surface area contributed by atoms with Crippen LogP contribution in [0.15, 0.2) is 59.4 Å². The van der Waals surface area contributed by atoms with Gasteiger partial charge in [-0.15, -0.1) is 0 Å². The molecule has 1 aromatic carbocycles. The van der Waals surface area contributed by atoms with Gasteiger partial charge in [-0.1, -0.05) is 18.2 Å². The first-order valence-corrected chi connectivity index (χ1v) is 6.39. The predicted molar refractivity (Wildman–Crippen MR) is 80.6 cm³/mol. The minimum Gasteiger partial charge on any atom is -0.507 e. The number of amides is 1. The van der Waals surface area contributed by atoms with Crippen molar-refractivity contribution in [3.8, 4) is 5.75 Å². The van der Waals surface area contributed by atoms with E-state index in [1.165, 1.54) is 18.2 Å². The van der Waals surface area contributed by atoms with Crippen LogP contribution in [0.5, 0.6) is 5.75 Å². The quantitative estimate of drug-likeness (QED) is 0.586. The van der Waals surface area contributed by atoms with Crippen LogP contribution in [0.25, 0.3) is 6.08 Å². The normalized spacial score (nSPS) is 10.5. The van der Waals surface area contributed by atoms with Gasteiger partial charge in [0.15, 0.2) is 0 Å². The Kier molecular flexibility index (Phi) is 4.68. The number of halogens is 1. The minimum atomic E-state index is -0.525. The zero-order chi connectivity index (χ0) is 15.2. The number of carbonyl (C=O) groups is 1. The van der Waals surface area contributed by atoms with E-state index in [2.05, 4.69) is 17.4 Å². The van der Waals surface area contributed by atoms with Gasteiger partial charge in [-0.3, -0.25) is 15.6 Å². The van der Waals surface area contributed by atoms with E-state index in [0.29, 0.717) is 16.5 Å². The fourth-order valence-corrected chi connectivity index (χ4v) is 1.68. The minimum absolute atomic E-state index is 0.0674. The van der Waals surface area contributed by atoms with Gasteiger partial charge in [-0.2, -0.15) is 0 Å². The topological polar surface area (TPSA) is 74.5 Å². The van der Waals surface area contributed by atoms with Crippen molar-refractivity contribution in [2.24, 2.45) is 0 Å². The molecule has 1 aromatic heterocycles. The van der Waals surface area contributed by atoms with Gasteiger partial charge in [-0.05, 0) is 42.5 Å². The van der Waals surface area contributed by atoms with E-state index in [0.717, 1.165) is 0 Å². The van der Waals surface area contributed by atoms with Gasteiger partial charge in [0.1, 0.15) is 11.5 Å². The Morgan fingerprint density at radius 2 is 2.14 bits per heavy atom. The molecule has 21 heavy (non-hydrogen) atoms. The summed E-state index contributed by atoms with van der Waals surface area (Å²) in [5, 5.41) is 9.96. The SMILES string of the molecule is C=C(C=Cc1ccco1)NNC(=O)c1cc(Cl)ccc1O. The van der Waals surface area contributed by atoms with Crippen molar-refractivity contribution in [3.63, 3.8) is 0 Å². The van der Waals surface area contributed by atoms with Crippen LogP contribution in [-0.2, 0) is 0 Å². The number of furan rings is 1. The van der Waals surface area contributed by atoms with Crippen LogP contribution in [0, 0.1) is 0 Å². The number of allylic oxidation sites excluding steroid dienone is 1. The van der Waals surface area contributed by atoms with Crippen LogP contribution in [-0.4, -0.2) is 11.0 Å². The standard InChI is InChI=1S/C15H13ClN2O3/c1-10(4-6-12-3-2-8-21-12)17-18-15(20)13-9-11(16)5-7-14(13)19/h2-9,17,19H,1H2,(H,18,20). The van der Waals surface area contributed by atoms with Gasteiger partial charge in [0.25, 0.3) is 5.91 Å². The maximum Gasteiger partial charge on any atom is 0.273 e. The molecule has 0 atom stereocenters. The van der Waals surface area contributed by atoms with Crippen LogP contribution in [0.3, 0.4) is 0 Å². The highest BCUT2D eigenvalue weighted by molar-refractivity contribution is 6.31. The Hall–Kier alpha value is -2.66. The molecule has 0 unspecified atom stereocenters. The Labute approximate surface area is 126 Å². The summed E-state index contributed by atoms with van der Waals surface area (Å²) in [6.45, 7) is 3.72. The average Bonchev–Trinajstić information content (AvgIpc) is 2.98. The van der Waals surface area contributed by atoms with Crippen LogP contribution in [0.2, 0.25) is 5.02 Å². The highest BCUT2D eigenvalue weighted by atomic mass is 35.5. The molecule has 0 fully saturated rings. The first kappa shape index (κ1) is 14.7. The van der Waals surface area contributed by atoms with Crippen molar-refractivity contribution in [3.05, 3.63) is 71.3 Å². The van der Waals surface area contributed by atoms with Gasteiger partial charge >= 0.3 is 0 Å². The van der Waals surface area contributed by atoms with E-state index in [1.807, 2.05) is 0 Å². The summed E-state index contributed by atoms with van der Waals surface area (Å²) in [6, 6.07) is 7.76. The molecule has 0 aliphatic carbocycles. The zero-order valence-corrected chi connectivity index (χ0v) is 11.7. The van der Waals surface area contributed by atoms with Crippen LogP contribution >= 0.6 is 11.6 Å². The van der Waals surface area contributed by atoms with Crippen LogP contribution < -0.4 is 10.9 Å². The molecule has 2 rings (SSSR count). The third kappa shape index (κ3) is 4.15. The third-order valence-corrected chi connectivity index (χ3v) is 2.77. The Morgan fingerprint density at radius 1 is 1.33 bits per heavy atom. The molecule has 3 N–H and O–H groups in total. The fraction of sp³-hybridized carbons (Fsp3) is 0. The van der Waals surface area contributed by atoms with Crippen molar-refractivity contribution in [2.45, 2.75) is 0 Å². The third-order valence-electron chi connectivity index (χ3n) is 2.53. The summed E-state index contributed by atoms with van der Waals surface area (Å²) in [7, 11) is 0. The molecule has 5 nitrogen and oxygen atoms in total. The summed E-state index contributed by atoms with van der Waals surface area (Å²) in [5.74, 6) is -0.0187. The van der Waals surface area contributed by atoms with Gasteiger partial charge < -0.3 is 9.52 Å². The molecule has 2 aromatic rings. The molecule has 0 spiro atoms. The monoisotopic (exact) mass is 304 g/mol. The number of hydrogen-bond donors (Lipinski definition) is 3. The Morgan fingerprint density at radius 3 is 2.86 bits per heavy atom. The first-order valence-electron chi connectivity index (χ1n) is 6.01. The average molecular weight is 305 g/mol. The van der Waals surface area contributed by atoms with Crippen LogP contribution in [0.1, 0.15) is 16.1 Å². The maximum atomic E-state index is 11.9. The second-order valence-electron chi connectivity index (χ2n) is 4.11. The van der Waals surface area contributed by atoms with Crippen LogP contribution in [0.4, 0.5) is 0 Å². The van der Waals surface area contributed by atoms with Gasteiger partial charge in [0, 0.05) is 10.7 Å². The molecular formula is C15H13ClN2O3. The lowest BCUT2D eigenvalue weighted by molar-refractivity contribution is 0.0937. The fourth-order valence-electron chi connectivity index (χ4n) is 1.50. The summed E-state index contributed by atoms with van der Waals surface area (Å²) in [4.78, 5) is 11.9. The highest BCUT2D eigenvalue weighted by Gasteiger charge is 2.11. The molecule has 0 bridgehead atoms. The van der Waals surface area contributed by atoms with E-state index in [4.69, 9.17) is 16.0 Å². The Bertz CT molecular complexity index is 678. The molecule has 1 heterocycles. The van der Waals surface area contributed by atoms with Crippen molar-refractivity contribution < 1.29 is 14.3 Å². The number of rotatable bonds is 5. The number of nitrogens with one attached hydrogen (secondary N) is 2. The zero-order valence-electron chi connectivity index (χ0n) is 11.0. The molecule has 0 saturated carbocycles. The molecule has 0 radical (unpaired) electrons. The lowest BCUT2D eigenvalue weighted by Crippen LogP contribution is -2.36. The number of aromatic hydroxyl groups is 1. The summed E-state index contributed by atoms with van der Waals surface area (Å²) in [6.07, 6.45) is 4.88.